The van der Waals surface area contributed by atoms with Crippen molar-refractivity contribution in [3.05, 3.63) is 54.2 Å². The number of carboxylic acid groups (broad SMARTS) is 1. The van der Waals surface area contributed by atoms with Crippen molar-refractivity contribution in [1.82, 2.24) is 9.47 Å². The molecule has 2 fully saturated rings. The van der Waals surface area contributed by atoms with Crippen LogP contribution in [-0.4, -0.2) is 90.1 Å². The zero-order valence-electron chi connectivity index (χ0n) is 30.1. The second-order valence-corrected chi connectivity index (χ2v) is 14.9. The highest BCUT2D eigenvalue weighted by molar-refractivity contribution is 6.01. The van der Waals surface area contributed by atoms with Crippen molar-refractivity contribution in [1.29, 1.82) is 0 Å². The number of piperidine rings is 1. The highest BCUT2D eigenvalue weighted by Gasteiger charge is 2.44. The Morgan fingerprint density at radius 3 is 2.53 bits per heavy atom. The van der Waals surface area contributed by atoms with Crippen LogP contribution in [0.2, 0.25) is 0 Å². The first-order chi connectivity index (χ1) is 24.4. The minimum absolute atomic E-state index is 0.0146. The van der Waals surface area contributed by atoms with Gasteiger partial charge in [0.15, 0.2) is 6.61 Å². The minimum Gasteiger partial charge on any atom is -0.482 e. The topological polar surface area (TPSA) is 131 Å². The normalized spacial score (nSPS) is 19.1. The fourth-order valence-electron chi connectivity index (χ4n) is 7.26. The summed E-state index contributed by atoms with van der Waals surface area (Å²) in [6, 6.07) is 14.0. The largest absolute Gasteiger partial charge is 0.482 e. The Hall–Kier alpha value is -4.58. The number of carboxylic acids is 1. The summed E-state index contributed by atoms with van der Waals surface area (Å²) < 4.78 is 18.9. The van der Waals surface area contributed by atoms with Gasteiger partial charge in [-0.1, -0.05) is 12.1 Å². The summed E-state index contributed by atoms with van der Waals surface area (Å²) in [5, 5.41) is 10.1. The molecule has 3 heterocycles. The van der Waals surface area contributed by atoms with Crippen LogP contribution in [0.1, 0.15) is 77.2 Å². The molecule has 0 unspecified atom stereocenters. The summed E-state index contributed by atoms with van der Waals surface area (Å²) >= 11 is 0. The number of rotatable bonds is 13. The molecule has 0 radical (unpaired) electrons. The number of anilines is 2. The Bertz CT molecular complexity index is 1760. The maximum atomic E-state index is 15.0. The number of likely N-dealkylation sites (tertiary alicyclic amines) is 1. The van der Waals surface area contributed by atoms with Gasteiger partial charge in [-0.3, -0.25) is 14.4 Å². The number of unbranched alkanes of at least 4 members (excludes halogenated alkanes) is 1. The molecule has 1 aromatic heterocycles. The van der Waals surface area contributed by atoms with Crippen LogP contribution in [0, 0.1) is 5.92 Å². The van der Waals surface area contributed by atoms with Gasteiger partial charge in [-0.15, -0.1) is 0 Å². The first kappa shape index (κ1) is 36.2. The first-order valence-corrected chi connectivity index (χ1v) is 18.1. The number of benzene rings is 2. The number of aromatic nitrogens is 1. The van der Waals surface area contributed by atoms with Gasteiger partial charge in [-0.2, -0.15) is 0 Å². The summed E-state index contributed by atoms with van der Waals surface area (Å²) in [6.07, 6.45) is 6.05. The van der Waals surface area contributed by atoms with Crippen LogP contribution in [0.5, 0.6) is 5.75 Å². The van der Waals surface area contributed by atoms with Crippen molar-refractivity contribution in [3.63, 3.8) is 0 Å². The average Bonchev–Trinajstić information content (AvgIpc) is 3.85. The minimum atomic E-state index is -0.792. The average molecular weight is 703 g/mol. The lowest BCUT2D eigenvalue weighted by atomic mass is 9.79. The standard InChI is InChI=1S/C39H50N4O8/c1-39(2,3)51-38(48)41-20-16-30(27-10-9-26-15-19-40(32(26)22-27)17-6-5-8-36(45)46)31(24-41)37(47)43(28-11-12-28)29-13-14-34-33(23-29)42(18-7-21-49-4)35(44)25-50-34/h9-10,13-15,19,22-23,28,30-31H,5-8,11-12,16-18,20-21,24-25H2,1-4H3,(H,45,46)/t30-,31+/m1/s1. The molecular formula is C39H50N4O8. The van der Waals surface area contributed by atoms with Gasteiger partial charge >= 0.3 is 12.1 Å². The number of nitrogens with zero attached hydrogens (tertiary/aromatic N) is 4. The van der Waals surface area contributed by atoms with Crippen molar-refractivity contribution in [2.45, 2.75) is 89.8 Å². The maximum Gasteiger partial charge on any atom is 0.410 e. The Morgan fingerprint density at radius 1 is 1.00 bits per heavy atom. The van der Waals surface area contributed by atoms with Gasteiger partial charge in [0, 0.05) is 69.8 Å². The molecule has 12 heteroatoms. The molecule has 0 bridgehead atoms. The lowest BCUT2D eigenvalue weighted by Gasteiger charge is -2.41. The van der Waals surface area contributed by atoms with Gasteiger partial charge in [0.2, 0.25) is 5.91 Å². The summed E-state index contributed by atoms with van der Waals surface area (Å²) in [5.41, 5.74) is 2.74. The maximum absolute atomic E-state index is 15.0. The van der Waals surface area contributed by atoms with E-state index in [0.717, 1.165) is 35.7 Å². The van der Waals surface area contributed by atoms with E-state index in [9.17, 15) is 14.4 Å². The molecule has 0 spiro atoms. The van der Waals surface area contributed by atoms with Crippen LogP contribution < -0.4 is 14.5 Å². The third-order valence-electron chi connectivity index (χ3n) is 9.89. The molecule has 2 aliphatic heterocycles. The number of carbonyl (C=O) groups excluding carboxylic acids is 3. The van der Waals surface area contributed by atoms with Crippen LogP contribution in [0.4, 0.5) is 16.2 Å². The van der Waals surface area contributed by atoms with Gasteiger partial charge in [0.05, 0.1) is 11.6 Å². The van der Waals surface area contributed by atoms with E-state index in [4.69, 9.17) is 19.3 Å². The Kier molecular flexibility index (Phi) is 10.9. The van der Waals surface area contributed by atoms with Crippen molar-refractivity contribution in [2.75, 3.05) is 49.8 Å². The SMILES string of the molecule is COCCCN1C(=O)COc2ccc(N(C(=O)[C@H]3CN(C(=O)OC(C)(C)C)CC[C@@H]3c3ccc4ccn(CCCCC(=O)O)c4c3)C3CC3)cc21. The molecule has 274 valence electrons. The fourth-order valence-corrected chi connectivity index (χ4v) is 7.26. The zero-order chi connectivity index (χ0) is 36.3. The number of ether oxygens (including phenoxy) is 3. The summed E-state index contributed by atoms with van der Waals surface area (Å²) in [5.74, 6) is -1.10. The van der Waals surface area contributed by atoms with Gasteiger partial charge in [-0.25, -0.2) is 4.79 Å². The molecule has 3 aliphatic rings. The van der Waals surface area contributed by atoms with E-state index >= 15 is 4.79 Å². The second kappa shape index (κ2) is 15.3. The Morgan fingerprint density at radius 2 is 1.80 bits per heavy atom. The molecule has 12 nitrogen and oxygen atoms in total. The predicted molar refractivity (Wildman–Crippen MR) is 193 cm³/mol. The second-order valence-electron chi connectivity index (χ2n) is 14.9. The van der Waals surface area contributed by atoms with E-state index in [0.29, 0.717) is 62.6 Å². The number of hydrogen-bond donors (Lipinski definition) is 1. The smallest absolute Gasteiger partial charge is 0.410 e. The van der Waals surface area contributed by atoms with Gasteiger partial charge < -0.3 is 38.6 Å². The molecule has 1 N–H and O–H groups in total. The zero-order valence-corrected chi connectivity index (χ0v) is 30.1. The van der Waals surface area contributed by atoms with E-state index in [1.54, 1.807) is 16.9 Å². The molecule has 3 amide bonds. The van der Waals surface area contributed by atoms with E-state index < -0.39 is 23.6 Å². The number of methoxy groups -OCH3 is 1. The lowest BCUT2D eigenvalue weighted by molar-refractivity contribution is -0.137. The molecule has 2 aromatic carbocycles. The van der Waals surface area contributed by atoms with E-state index in [2.05, 4.69) is 28.8 Å². The van der Waals surface area contributed by atoms with Crippen LogP contribution in [-0.2, 0) is 30.4 Å². The molecule has 1 aliphatic carbocycles. The van der Waals surface area contributed by atoms with E-state index in [-0.39, 0.29) is 43.3 Å². The van der Waals surface area contributed by atoms with E-state index in [1.807, 2.05) is 50.1 Å². The van der Waals surface area contributed by atoms with Crippen LogP contribution in [0.3, 0.4) is 0 Å². The van der Waals surface area contributed by atoms with Crippen molar-refractivity contribution < 1.29 is 38.5 Å². The highest BCUT2D eigenvalue weighted by Crippen LogP contribution is 2.43. The molecular weight excluding hydrogens is 652 g/mol. The number of fused-ring (bicyclic) bond motifs is 2. The highest BCUT2D eigenvalue weighted by atomic mass is 16.6. The molecule has 1 saturated carbocycles. The third-order valence-corrected chi connectivity index (χ3v) is 9.89. The fraction of sp³-hybridized carbons (Fsp3) is 0.538. The van der Waals surface area contributed by atoms with Crippen LogP contribution in [0.15, 0.2) is 48.7 Å². The number of carbonyl (C=O) groups is 4. The first-order valence-electron chi connectivity index (χ1n) is 18.1. The number of amides is 3. The predicted octanol–water partition coefficient (Wildman–Crippen LogP) is 6.19. The van der Waals surface area contributed by atoms with Gasteiger partial charge in [0.1, 0.15) is 11.4 Å². The summed E-state index contributed by atoms with van der Waals surface area (Å²) in [6.45, 7) is 7.83. The number of aryl methyl sites for hydroxylation is 1. The quantitative estimate of drug-likeness (QED) is 0.209. The number of hydrogen-bond acceptors (Lipinski definition) is 7. The number of aliphatic carboxylic acids is 1. The summed E-state index contributed by atoms with van der Waals surface area (Å²) in [7, 11) is 1.63. The van der Waals surface area contributed by atoms with Gasteiger partial charge in [-0.05, 0) is 106 Å². The molecule has 3 aromatic rings. The van der Waals surface area contributed by atoms with Gasteiger partial charge in [0.25, 0.3) is 5.91 Å². The van der Waals surface area contributed by atoms with Crippen molar-refractivity contribution >= 4 is 46.2 Å². The van der Waals surface area contributed by atoms with Crippen LogP contribution >= 0.6 is 0 Å². The monoisotopic (exact) mass is 702 g/mol. The molecule has 6 rings (SSSR count). The van der Waals surface area contributed by atoms with Crippen LogP contribution in [0.25, 0.3) is 10.9 Å². The Balaban J connectivity index is 1.32. The third kappa shape index (κ3) is 8.49. The van der Waals surface area contributed by atoms with E-state index in [1.165, 1.54) is 0 Å². The van der Waals surface area contributed by atoms with Crippen molar-refractivity contribution in [3.8, 4) is 5.75 Å². The lowest BCUT2D eigenvalue weighted by Crippen LogP contribution is -2.51. The molecule has 2 atom stereocenters. The molecule has 51 heavy (non-hydrogen) atoms. The Labute approximate surface area is 299 Å². The summed E-state index contributed by atoms with van der Waals surface area (Å²) in [4.78, 5) is 57.7. The van der Waals surface area contributed by atoms with Crippen molar-refractivity contribution in [2.24, 2.45) is 5.92 Å². The molecule has 1 saturated heterocycles.